The summed E-state index contributed by atoms with van der Waals surface area (Å²) in [5.41, 5.74) is 7.05. The van der Waals surface area contributed by atoms with Crippen LogP contribution in [0.3, 0.4) is 0 Å². The smallest absolute Gasteiger partial charge is 0.206 e. The molecule has 0 saturated carbocycles. The number of hydrogen-bond donors (Lipinski definition) is 0. The molecule has 5 nitrogen and oxygen atoms in total. The van der Waals surface area contributed by atoms with Gasteiger partial charge in [-0.3, -0.25) is 0 Å². The lowest BCUT2D eigenvalue weighted by Crippen LogP contribution is -2.19. The van der Waals surface area contributed by atoms with Crippen molar-refractivity contribution in [2.45, 2.75) is 13.2 Å². The van der Waals surface area contributed by atoms with Crippen LogP contribution in [0.25, 0.3) is 21.7 Å². The van der Waals surface area contributed by atoms with Gasteiger partial charge in [0.2, 0.25) is 0 Å². The van der Waals surface area contributed by atoms with Crippen molar-refractivity contribution in [2.75, 3.05) is 0 Å². The average molecular weight is 354 g/mol. The number of benzene rings is 1. The van der Waals surface area contributed by atoms with Crippen LogP contribution in [0.4, 0.5) is 23.2 Å². The molecule has 0 amide bonds. The van der Waals surface area contributed by atoms with E-state index >= 15 is 0 Å². The molecule has 2 aromatic rings. The molecule has 0 spiro atoms. The van der Waals surface area contributed by atoms with Gasteiger partial charge in [0, 0.05) is 10.5 Å². The molecule has 0 N–H and O–H groups in total. The average Bonchev–Trinajstić information content (AvgIpc) is 2.70. The fraction of sp³-hybridized carbons (Fsp3) is 0.182. The number of halogens is 6. The predicted molar refractivity (Wildman–Crippen MR) is 72.5 cm³/mol. The molecule has 11 heteroatoms. The molecule has 0 unspecified atom stereocenters. The zero-order valence-corrected chi connectivity index (χ0v) is 12.2. The molecule has 0 aliphatic carbocycles. The number of azide groups is 1. The Bertz CT molecular complexity index is 793. The number of rotatable bonds is 2. The molecule has 1 aromatic heterocycles. The lowest BCUT2D eigenvalue weighted by molar-refractivity contribution is -0.213. The van der Waals surface area contributed by atoms with Gasteiger partial charge in [0.25, 0.3) is 0 Å². The summed E-state index contributed by atoms with van der Waals surface area (Å²) in [5.74, 6) is -0.949. The zero-order valence-electron chi connectivity index (χ0n) is 10.7. The Kier molecular flexibility index (Phi) is 4.23. The van der Waals surface area contributed by atoms with Crippen molar-refractivity contribution in [3.8, 4) is 11.3 Å². The lowest BCUT2D eigenvalue weighted by Gasteiger charge is -2.07. The van der Waals surface area contributed by atoms with E-state index in [1.807, 2.05) is 0 Å². The summed E-state index contributed by atoms with van der Waals surface area (Å²) < 4.78 is 52.0. The van der Waals surface area contributed by atoms with Crippen LogP contribution in [-0.4, -0.2) is 9.78 Å². The van der Waals surface area contributed by atoms with E-state index in [1.165, 1.54) is 0 Å². The highest BCUT2D eigenvalue weighted by atomic mass is 35.5. The van der Waals surface area contributed by atoms with Crippen LogP contribution in [-0.2, 0) is 6.30 Å². The molecule has 0 aliphatic rings. The topological polar surface area (TPSA) is 66.6 Å². The predicted octanol–water partition coefficient (Wildman–Crippen LogP) is 5.72. The second-order valence-electron chi connectivity index (χ2n) is 4.10. The van der Waals surface area contributed by atoms with E-state index in [4.69, 9.17) is 28.7 Å². The van der Waals surface area contributed by atoms with Crippen molar-refractivity contribution in [1.29, 1.82) is 0 Å². The number of alkyl halides is 3. The first kappa shape index (κ1) is 16.4. The van der Waals surface area contributed by atoms with Crippen molar-refractivity contribution >= 4 is 28.9 Å². The Hall–Kier alpha value is -1.96. The fourth-order valence-electron chi connectivity index (χ4n) is 1.75. The second-order valence-corrected chi connectivity index (χ2v) is 4.89. The maximum Gasteiger partial charge on any atom is 0.504 e. The Labute approximate surface area is 130 Å². The maximum atomic E-state index is 14.0. The van der Waals surface area contributed by atoms with Gasteiger partial charge in [-0.15, -0.1) is 13.2 Å². The van der Waals surface area contributed by atoms with Crippen LogP contribution in [0.15, 0.2) is 17.2 Å². The van der Waals surface area contributed by atoms with Gasteiger partial charge in [-0.1, -0.05) is 28.3 Å². The summed E-state index contributed by atoms with van der Waals surface area (Å²) in [6.07, 6.45) is -4.80. The fourth-order valence-corrected chi connectivity index (χ4v) is 2.15. The molecule has 22 heavy (non-hydrogen) atoms. The summed E-state index contributed by atoms with van der Waals surface area (Å²) >= 11 is 11.5. The summed E-state index contributed by atoms with van der Waals surface area (Å²) in [6, 6.07) is 1.78. The first-order valence-corrected chi connectivity index (χ1v) is 6.29. The van der Waals surface area contributed by atoms with Gasteiger partial charge in [-0.25, -0.2) is 4.39 Å². The number of aromatic nitrogens is 2. The minimum absolute atomic E-state index is 0.157. The third kappa shape index (κ3) is 2.83. The van der Waals surface area contributed by atoms with Crippen molar-refractivity contribution in [3.05, 3.63) is 44.1 Å². The van der Waals surface area contributed by atoms with Crippen LogP contribution >= 0.6 is 23.2 Å². The van der Waals surface area contributed by atoms with E-state index in [9.17, 15) is 17.6 Å². The standard InChI is InChI=1S/C11H5Cl2F4N5/c1-4-9(13)10(20-22(4)11(15,16)17)5-2-8(19-21-18)6(12)3-7(5)14/h2-3H,1H3. The monoisotopic (exact) mass is 353 g/mol. The molecule has 0 radical (unpaired) electrons. The Balaban J connectivity index is 2.72. The van der Waals surface area contributed by atoms with Gasteiger partial charge >= 0.3 is 6.30 Å². The molecule has 0 aliphatic heterocycles. The quantitative estimate of drug-likeness (QED) is 0.294. The lowest BCUT2D eigenvalue weighted by atomic mass is 10.1. The van der Waals surface area contributed by atoms with Crippen molar-refractivity contribution in [3.63, 3.8) is 0 Å². The molecule has 0 fully saturated rings. The van der Waals surface area contributed by atoms with Gasteiger partial charge in [0.05, 0.1) is 21.4 Å². The first-order chi connectivity index (χ1) is 10.2. The molecular formula is C11H5Cl2F4N5. The third-order valence-electron chi connectivity index (χ3n) is 2.73. The van der Waals surface area contributed by atoms with E-state index in [2.05, 4.69) is 15.1 Å². The molecule has 0 bridgehead atoms. The molecule has 2 rings (SSSR count). The minimum atomic E-state index is -4.80. The van der Waals surface area contributed by atoms with Gasteiger partial charge in [-0.2, -0.15) is 9.78 Å². The van der Waals surface area contributed by atoms with Crippen molar-refractivity contribution in [2.24, 2.45) is 5.11 Å². The van der Waals surface area contributed by atoms with Crippen LogP contribution in [0, 0.1) is 12.7 Å². The van der Waals surface area contributed by atoms with Gasteiger partial charge in [0.1, 0.15) is 11.5 Å². The largest absolute Gasteiger partial charge is 0.504 e. The van der Waals surface area contributed by atoms with Crippen LogP contribution in [0.5, 0.6) is 0 Å². The van der Waals surface area contributed by atoms with Gasteiger partial charge < -0.3 is 0 Å². The molecular weight excluding hydrogens is 349 g/mol. The Morgan fingerprint density at radius 1 is 1.32 bits per heavy atom. The van der Waals surface area contributed by atoms with Crippen LogP contribution < -0.4 is 0 Å². The SMILES string of the molecule is Cc1c(Cl)c(-c2cc(N=[N+]=[N-])c(Cl)cc2F)nn1C(F)(F)F. The highest BCUT2D eigenvalue weighted by Gasteiger charge is 2.36. The normalized spacial score (nSPS) is 11.4. The molecule has 0 atom stereocenters. The summed E-state index contributed by atoms with van der Waals surface area (Å²) in [7, 11) is 0. The Morgan fingerprint density at radius 3 is 2.45 bits per heavy atom. The van der Waals surface area contributed by atoms with E-state index in [-0.39, 0.29) is 26.0 Å². The second kappa shape index (κ2) is 5.68. The number of hydrogen-bond acceptors (Lipinski definition) is 2. The van der Waals surface area contributed by atoms with Gasteiger partial charge in [-0.05, 0) is 24.6 Å². The van der Waals surface area contributed by atoms with Crippen molar-refractivity contribution < 1.29 is 17.6 Å². The van der Waals surface area contributed by atoms with Crippen molar-refractivity contribution in [1.82, 2.24) is 9.78 Å². The zero-order chi connectivity index (χ0) is 16.7. The van der Waals surface area contributed by atoms with E-state index < -0.39 is 23.5 Å². The summed E-state index contributed by atoms with van der Waals surface area (Å²) in [6.45, 7) is 1.09. The van der Waals surface area contributed by atoms with Gasteiger partial charge in [0.15, 0.2) is 0 Å². The van der Waals surface area contributed by atoms with E-state index in [0.717, 1.165) is 19.1 Å². The number of nitrogens with zero attached hydrogens (tertiary/aromatic N) is 5. The maximum absolute atomic E-state index is 14.0. The molecule has 116 valence electrons. The molecule has 1 aromatic carbocycles. The Morgan fingerprint density at radius 2 is 1.95 bits per heavy atom. The summed E-state index contributed by atoms with van der Waals surface area (Å²) in [4.78, 5) is 2.50. The first-order valence-electron chi connectivity index (χ1n) is 5.53. The van der Waals surface area contributed by atoms with E-state index in [0.29, 0.717) is 0 Å². The third-order valence-corrected chi connectivity index (χ3v) is 3.48. The molecule has 1 heterocycles. The molecule has 0 saturated heterocycles. The highest BCUT2D eigenvalue weighted by molar-refractivity contribution is 6.34. The van der Waals surface area contributed by atoms with Crippen LogP contribution in [0.1, 0.15) is 5.69 Å². The van der Waals surface area contributed by atoms with Crippen LogP contribution in [0.2, 0.25) is 10.0 Å². The minimum Gasteiger partial charge on any atom is -0.206 e. The highest BCUT2D eigenvalue weighted by Crippen LogP contribution is 2.38. The summed E-state index contributed by atoms with van der Waals surface area (Å²) in [5, 5.41) is 5.95. The van der Waals surface area contributed by atoms with E-state index in [1.54, 1.807) is 0 Å².